The van der Waals surface area contributed by atoms with Crippen molar-refractivity contribution in [2.45, 2.75) is 19.8 Å². The predicted molar refractivity (Wildman–Crippen MR) is 82.8 cm³/mol. The van der Waals surface area contributed by atoms with Gasteiger partial charge in [-0.05, 0) is 37.1 Å². The Kier molecular flexibility index (Phi) is 3.82. The molecule has 0 radical (unpaired) electrons. The lowest BCUT2D eigenvalue weighted by Crippen LogP contribution is -2.24. The fourth-order valence-electron chi connectivity index (χ4n) is 2.55. The molecule has 1 aromatic heterocycles. The van der Waals surface area contributed by atoms with E-state index in [1.54, 1.807) is 11.0 Å². The summed E-state index contributed by atoms with van der Waals surface area (Å²) in [6.45, 7) is 2.68. The minimum absolute atomic E-state index is 0.152. The zero-order chi connectivity index (χ0) is 15.5. The number of nitrogens with one attached hydrogen (secondary N) is 1. The van der Waals surface area contributed by atoms with Crippen LogP contribution in [0.3, 0.4) is 0 Å². The molecule has 6 heteroatoms. The van der Waals surface area contributed by atoms with Crippen molar-refractivity contribution in [1.29, 1.82) is 0 Å². The van der Waals surface area contributed by atoms with Crippen molar-refractivity contribution in [2.24, 2.45) is 0 Å². The Hall–Kier alpha value is -2.76. The highest BCUT2D eigenvalue weighted by atomic mass is 16.2. The van der Waals surface area contributed by atoms with Gasteiger partial charge in [-0.15, -0.1) is 0 Å². The second kappa shape index (κ2) is 5.93. The Bertz CT molecular complexity index is 715. The van der Waals surface area contributed by atoms with Crippen LogP contribution in [-0.2, 0) is 4.79 Å². The highest BCUT2D eigenvalue weighted by molar-refractivity contribution is 6.03. The zero-order valence-corrected chi connectivity index (χ0v) is 12.2. The van der Waals surface area contributed by atoms with Crippen molar-refractivity contribution in [3.63, 3.8) is 0 Å². The molecule has 2 aromatic rings. The van der Waals surface area contributed by atoms with Gasteiger partial charge in [0.25, 0.3) is 5.91 Å². The van der Waals surface area contributed by atoms with Crippen LogP contribution in [-0.4, -0.2) is 28.3 Å². The number of hydrogen-bond donors (Lipinski definition) is 1. The Morgan fingerprint density at radius 1 is 1.32 bits per heavy atom. The van der Waals surface area contributed by atoms with Gasteiger partial charge in [0, 0.05) is 36.7 Å². The third-order valence-corrected chi connectivity index (χ3v) is 3.61. The smallest absolute Gasteiger partial charge is 0.275 e. The topological polar surface area (TPSA) is 75.2 Å². The average molecular weight is 296 g/mol. The predicted octanol–water partition coefficient (Wildman–Crippen LogP) is 2.16. The summed E-state index contributed by atoms with van der Waals surface area (Å²) >= 11 is 0. The monoisotopic (exact) mass is 296 g/mol. The largest absolute Gasteiger partial charge is 0.321 e. The van der Waals surface area contributed by atoms with Gasteiger partial charge in [0.15, 0.2) is 0 Å². The molecule has 1 aliphatic heterocycles. The molecule has 1 aromatic carbocycles. The summed E-state index contributed by atoms with van der Waals surface area (Å²) in [6.07, 6.45) is 5.90. The number of anilines is 2. The van der Waals surface area contributed by atoms with Crippen LogP contribution >= 0.6 is 0 Å². The second-order valence-electron chi connectivity index (χ2n) is 5.19. The number of amides is 2. The summed E-state index contributed by atoms with van der Waals surface area (Å²) in [5.74, 6) is -0.156. The number of hydrogen-bond acceptors (Lipinski definition) is 4. The van der Waals surface area contributed by atoms with E-state index in [0.717, 1.165) is 24.2 Å². The molecule has 1 fully saturated rings. The van der Waals surface area contributed by atoms with Gasteiger partial charge >= 0.3 is 0 Å². The Labute approximate surface area is 128 Å². The molecule has 22 heavy (non-hydrogen) atoms. The molecule has 0 unspecified atom stereocenters. The maximum Gasteiger partial charge on any atom is 0.275 e. The molecule has 2 amide bonds. The SMILES string of the molecule is Cc1cc(NC(=O)c2cnccn2)ccc1N1CCCC1=O. The molecule has 1 aliphatic rings. The minimum atomic E-state index is -0.308. The number of benzene rings is 1. The molecule has 2 heterocycles. The number of aromatic nitrogens is 2. The number of aryl methyl sites for hydroxylation is 1. The van der Waals surface area contributed by atoms with Crippen LogP contribution in [0.2, 0.25) is 0 Å². The Morgan fingerprint density at radius 2 is 2.18 bits per heavy atom. The van der Waals surface area contributed by atoms with Crippen molar-refractivity contribution >= 4 is 23.2 Å². The second-order valence-corrected chi connectivity index (χ2v) is 5.19. The molecule has 112 valence electrons. The van der Waals surface area contributed by atoms with Gasteiger partial charge in [0.1, 0.15) is 5.69 Å². The van der Waals surface area contributed by atoms with Crippen LogP contribution in [0.1, 0.15) is 28.9 Å². The molecule has 0 bridgehead atoms. The fraction of sp³-hybridized carbons (Fsp3) is 0.250. The molecule has 0 spiro atoms. The van der Waals surface area contributed by atoms with Crippen LogP contribution in [0.25, 0.3) is 0 Å². The van der Waals surface area contributed by atoms with E-state index in [1.165, 1.54) is 18.6 Å². The molecule has 0 saturated carbocycles. The standard InChI is InChI=1S/C16H16N4O2/c1-11-9-12(19-16(22)13-10-17-6-7-18-13)4-5-14(11)20-8-2-3-15(20)21/h4-7,9-10H,2-3,8H2,1H3,(H,19,22). The maximum absolute atomic E-state index is 12.0. The van der Waals surface area contributed by atoms with E-state index in [1.807, 2.05) is 19.1 Å². The quantitative estimate of drug-likeness (QED) is 0.941. The van der Waals surface area contributed by atoms with Crippen LogP contribution in [0, 0.1) is 6.92 Å². The van der Waals surface area contributed by atoms with Gasteiger partial charge < -0.3 is 10.2 Å². The molecule has 6 nitrogen and oxygen atoms in total. The van der Waals surface area contributed by atoms with Gasteiger partial charge in [-0.3, -0.25) is 14.6 Å². The molecular weight excluding hydrogens is 280 g/mol. The van der Waals surface area contributed by atoms with E-state index in [9.17, 15) is 9.59 Å². The minimum Gasteiger partial charge on any atom is -0.321 e. The van der Waals surface area contributed by atoms with Crippen molar-refractivity contribution in [2.75, 3.05) is 16.8 Å². The van der Waals surface area contributed by atoms with Gasteiger partial charge in [-0.2, -0.15) is 0 Å². The van der Waals surface area contributed by atoms with Crippen LogP contribution in [0.5, 0.6) is 0 Å². The lowest BCUT2D eigenvalue weighted by atomic mass is 10.1. The number of rotatable bonds is 3. The summed E-state index contributed by atoms with van der Waals surface area (Å²) in [5.41, 5.74) is 2.79. The summed E-state index contributed by atoms with van der Waals surface area (Å²) < 4.78 is 0. The van der Waals surface area contributed by atoms with E-state index >= 15 is 0 Å². The van der Waals surface area contributed by atoms with E-state index in [4.69, 9.17) is 0 Å². The molecule has 0 atom stereocenters. The van der Waals surface area contributed by atoms with Crippen molar-refractivity contribution in [3.8, 4) is 0 Å². The number of nitrogens with zero attached hydrogens (tertiary/aromatic N) is 3. The molecule has 1 saturated heterocycles. The first kappa shape index (κ1) is 14.2. The van der Waals surface area contributed by atoms with Crippen molar-refractivity contribution in [3.05, 3.63) is 48.0 Å². The third kappa shape index (κ3) is 2.81. The molecule has 1 N–H and O–H groups in total. The highest BCUT2D eigenvalue weighted by Gasteiger charge is 2.23. The van der Waals surface area contributed by atoms with Gasteiger partial charge in [-0.1, -0.05) is 0 Å². The third-order valence-electron chi connectivity index (χ3n) is 3.61. The molecule has 0 aliphatic carbocycles. The summed E-state index contributed by atoms with van der Waals surface area (Å²) in [6, 6.07) is 5.52. The van der Waals surface area contributed by atoms with E-state index in [2.05, 4.69) is 15.3 Å². The van der Waals surface area contributed by atoms with E-state index in [-0.39, 0.29) is 17.5 Å². The van der Waals surface area contributed by atoms with E-state index < -0.39 is 0 Å². The zero-order valence-electron chi connectivity index (χ0n) is 12.2. The Morgan fingerprint density at radius 3 is 2.82 bits per heavy atom. The Balaban J connectivity index is 1.77. The fourth-order valence-corrected chi connectivity index (χ4v) is 2.55. The lowest BCUT2D eigenvalue weighted by molar-refractivity contribution is -0.117. The summed E-state index contributed by atoms with van der Waals surface area (Å²) in [4.78, 5) is 33.5. The first-order valence-electron chi connectivity index (χ1n) is 7.13. The number of carbonyl (C=O) groups excluding carboxylic acids is 2. The van der Waals surface area contributed by atoms with Gasteiger partial charge in [-0.25, -0.2) is 4.98 Å². The van der Waals surface area contributed by atoms with Crippen molar-refractivity contribution in [1.82, 2.24) is 9.97 Å². The van der Waals surface area contributed by atoms with E-state index in [0.29, 0.717) is 12.1 Å². The van der Waals surface area contributed by atoms with Gasteiger partial charge in [0.2, 0.25) is 5.91 Å². The molecule has 3 rings (SSSR count). The first-order chi connectivity index (χ1) is 10.6. The molecular formula is C16H16N4O2. The van der Waals surface area contributed by atoms with Crippen LogP contribution in [0.4, 0.5) is 11.4 Å². The highest BCUT2D eigenvalue weighted by Crippen LogP contribution is 2.27. The van der Waals surface area contributed by atoms with Gasteiger partial charge in [0.05, 0.1) is 6.20 Å². The summed E-state index contributed by atoms with van der Waals surface area (Å²) in [5, 5.41) is 2.78. The number of carbonyl (C=O) groups is 2. The normalized spacial score (nSPS) is 14.2. The first-order valence-corrected chi connectivity index (χ1v) is 7.13. The van der Waals surface area contributed by atoms with Crippen molar-refractivity contribution < 1.29 is 9.59 Å². The van der Waals surface area contributed by atoms with Crippen LogP contribution in [0.15, 0.2) is 36.8 Å². The average Bonchev–Trinajstić information content (AvgIpc) is 2.94. The maximum atomic E-state index is 12.0. The summed E-state index contributed by atoms with van der Waals surface area (Å²) in [7, 11) is 0. The van der Waals surface area contributed by atoms with Crippen LogP contribution < -0.4 is 10.2 Å². The lowest BCUT2D eigenvalue weighted by Gasteiger charge is -2.19.